The Morgan fingerprint density at radius 3 is 1.80 bits per heavy atom. The summed E-state index contributed by atoms with van der Waals surface area (Å²) in [6.07, 6.45) is 7.42. The molecule has 0 aromatic heterocycles. The van der Waals surface area contributed by atoms with Crippen LogP contribution < -0.4 is 0 Å². The molecule has 92 valence electrons. The van der Waals surface area contributed by atoms with E-state index in [4.69, 9.17) is 8.85 Å². The Balaban J connectivity index is 3.38. The highest BCUT2D eigenvalue weighted by Gasteiger charge is 2.23. The zero-order valence-electron chi connectivity index (χ0n) is 11.0. The number of hydrogen-bond donors (Lipinski definition) is 0. The van der Waals surface area contributed by atoms with Crippen LogP contribution in [0.5, 0.6) is 0 Å². The molecule has 0 aromatic rings. The summed E-state index contributed by atoms with van der Waals surface area (Å²) in [5, 5.41) is 0. The summed E-state index contributed by atoms with van der Waals surface area (Å²) in [5.41, 5.74) is 0. The van der Waals surface area contributed by atoms with Crippen LogP contribution in [0, 0.1) is 0 Å². The van der Waals surface area contributed by atoms with Crippen LogP contribution in [0.4, 0.5) is 0 Å². The summed E-state index contributed by atoms with van der Waals surface area (Å²) in [6.45, 7) is 10.4. The molecule has 3 heteroatoms. The van der Waals surface area contributed by atoms with Gasteiger partial charge in [0.15, 0.2) is 0 Å². The first-order valence-corrected chi connectivity index (χ1v) is 9.22. The molecule has 0 amide bonds. The summed E-state index contributed by atoms with van der Waals surface area (Å²) in [7, 11) is -1.80. The summed E-state index contributed by atoms with van der Waals surface area (Å²) < 4.78 is 11.6. The van der Waals surface area contributed by atoms with Crippen molar-refractivity contribution in [2.75, 3.05) is 13.2 Å². The molecule has 0 atom stereocenters. The standard InChI is InChI=1S/C12H28O2Si/c1-5-7-9-10-12-14-15(3,4)13-11-8-6-2/h5-12H2,1-4H3. The van der Waals surface area contributed by atoms with Crippen molar-refractivity contribution in [1.82, 2.24) is 0 Å². The molecule has 0 fully saturated rings. The van der Waals surface area contributed by atoms with Gasteiger partial charge in [0.1, 0.15) is 0 Å². The zero-order chi connectivity index (χ0) is 11.6. The average Bonchev–Trinajstić information content (AvgIpc) is 2.17. The van der Waals surface area contributed by atoms with Crippen molar-refractivity contribution in [2.45, 2.75) is 65.5 Å². The van der Waals surface area contributed by atoms with Crippen molar-refractivity contribution in [2.24, 2.45) is 0 Å². The second kappa shape index (κ2) is 9.37. The normalized spacial score (nSPS) is 12.0. The van der Waals surface area contributed by atoms with Crippen LogP contribution in [0.2, 0.25) is 13.1 Å². The first-order valence-electron chi connectivity index (χ1n) is 6.40. The van der Waals surface area contributed by atoms with E-state index < -0.39 is 8.56 Å². The van der Waals surface area contributed by atoms with E-state index in [1.165, 1.54) is 32.1 Å². The Kier molecular flexibility index (Phi) is 9.45. The SMILES string of the molecule is CCCCCCO[Si](C)(C)OCCCC. The molecule has 0 N–H and O–H groups in total. The second-order valence-electron chi connectivity index (χ2n) is 4.51. The zero-order valence-corrected chi connectivity index (χ0v) is 12.0. The molecule has 0 bridgehead atoms. The van der Waals surface area contributed by atoms with Crippen LogP contribution in [0.1, 0.15) is 52.4 Å². The maximum absolute atomic E-state index is 5.84. The van der Waals surface area contributed by atoms with Gasteiger partial charge in [-0.05, 0) is 25.9 Å². The van der Waals surface area contributed by atoms with Crippen LogP contribution in [0.15, 0.2) is 0 Å². The molecule has 0 aliphatic carbocycles. The van der Waals surface area contributed by atoms with Crippen molar-refractivity contribution >= 4 is 8.56 Å². The predicted octanol–water partition coefficient (Wildman–Crippen LogP) is 4.10. The first kappa shape index (κ1) is 15.1. The maximum Gasteiger partial charge on any atom is 0.331 e. The van der Waals surface area contributed by atoms with Crippen LogP contribution >= 0.6 is 0 Å². The van der Waals surface area contributed by atoms with Gasteiger partial charge in [0.05, 0.1) is 0 Å². The Hall–Kier alpha value is 0.137. The molecule has 0 saturated heterocycles. The fourth-order valence-corrected chi connectivity index (χ4v) is 2.71. The van der Waals surface area contributed by atoms with E-state index in [-0.39, 0.29) is 0 Å². The van der Waals surface area contributed by atoms with Crippen LogP contribution in [0.3, 0.4) is 0 Å². The van der Waals surface area contributed by atoms with Gasteiger partial charge in [-0.1, -0.05) is 39.5 Å². The number of hydrogen-bond acceptors (Lipinski definition) is 2. The van der Waals surface area contributed by atoms with Crippen molar-refractivity contribution in [3.8, 4) is 0 Å². The first-order chi connectivity index (χ1) is 7.12. The van der Waals surface area contributed by atoms with Crippen molar-refractivity contribution in [1.29, 1.82) is 0 Å². The fourth-order valence-electron chi connectivity index (χ4n) is 1.35. The van der Waals surface area contributed by atoms with E-state index in [0.29, 0.717) is 0 Å². The highest BCUT2D eigenvalue weighted by atomic mass is 28.4. The molecule has 0 aromatic carbocycles. The Bertz CT molecular complexity index is 138. The third-order valence-electron chi connectivity index (χ3n) is 2.40. The summed E-state index contributed by atoms with van der Waals surface area (Å²) in [5.74, 6) is 0. The van der Waals surface area contributed by atoms with Gasteiger partial charge in [-0.25, -0.2) is 0 Å². The lowest BCUT2D eigenvalue weighted by molar-refractivity contribution is 0.174. The minimum absolute atomic E-state index is 0.866. The topological polar surface area (TPSA) is 18.5 Å². The van der Waals surface area contributed by atoms with E-state index in [1.54, 1.807) is 0 Å². The van der Waals surface area contributed by atoms with Crippen LogP contribution in [0.25, 0.3) is 0 Å². The van der Waals surface area contributed by atoms with Gasteiger partial charge in [0.25, 0.3) is 0 Å². The fraction of sp³-hybridized carbons (Fsp3) is 1.00. The van der Waals surface area contributed by atoms with Gasteiger partial charge in [0, 0.05) is 13.2 Å². The lowest BCUT2D eigenvalue weighted by Gasteiger charge is -2.22. The second-order valence-corrected chi connectivity index (χ2v) is 7.89. The number of rotatable bonds is 10. The van der Waals surface area contributed by atoms with Gasteiger partial charge in [0.2, 0.25) is 0 Å². The minimum atomic E-state index is -1.80. The van der Waals surface area contributed by atoms with E-state index >= 15 is 0 Å². The highest BCUT2D eigenvalue weighted by Crippen LogP contribution is 2.09. The minimum Gasteiger partial charge on any atom is -0.395 e. The quantitative estimate of drug-likeness (QED) is 0.417. The molecule has 0 unspecified atom stereocenters. The predicted molar refractivity (Wildman–Crippen MR) is 68.4 cm³/mol. The Morgan fingerprint density at radius 1 is 0.733 bits per heavy atom. The molecule has 0 rings (SSSR count). The van der Waals surface area contributed by atoms with Gasteiger partial charge in [-0.15, -0.1) is 0 Å². The smallest absolute Gasteiger partial charge is 0.331 e. The van der Waals surface area contributed by atoms with Crippen molar-refractivity contribution in [3.05, 3.63) is 0 Å². The van der Waals surface area contributed by atoms with E-state index in [1.807, 2.05) is 0 Å². The average molecular weight is 232 g/mol. The summed E-state index contributed by atoms with van der Waals surface area (Å²) in [4.78, 5) is 0. The highest BCUT2D eigenvalue weighted by molar-refractivity contribution is 6.64. The van der Waals surface area contributed by atoms with E-state index in [2.05, 4.69) is 26.9 Å². The lowest BCUT2D eigenvalue weighted by atomic mass is 10.2. The van der Waals surface area contributed by atoms with Gasteiger partial charge in [-0.3, -0.25) is 0 Å². The largest absolute Gasteiger partial charge is 0.395 e. The summed E-state index contributed by atoms with van der Waals surface area (Å²) >= 11 is 0. The third kappa shape index (κ3) is 10.4. The van der Waals surface area contributed by atoms with Gasteiger partial charge in [-0.2, -0.15) is 0 Å². The molecule has 0 radical (unpaired) electrons. The van der Waals surface area contributed by atoms with Gasteiger partial charge >= 0.3 is 8.56 Å². The summed E-state index contributed by atoms with van der Waals surface area (Å²) in [6, 6.07) is 0. The van der Waals surface area contributed by atoms with Gasteiger partial charge < -0.3 is 8.85 Å². The molecule has 0 aliphatic heterocycles. The van der Waals surface area contributed by atoms with E-state index in [9.17, 15) is 0 Å². The molecule has 0 heterocycles. The molecular weight excluding hydrogens is 204 g/mol. The van der Waals surface area contributed by atoms with Crippen molar-refractivity contribution < 1.29 is 8.85 Å². The molecule has 0 saturated carbocycles. The van der Waals surface area contributed by atoms with Crippen LogP contribution in [-0.2, 0) is 8.85 Å². The monoisotopic (exact) mass is 232 g/mol. The van der Waals surface area contributed by atoms with E-state index in [0.717, 1.165) is 19.6 Å². The molecule has 15 heavy (non-hydrogen) atoms. The maximum atomic E-state index is 5.84. The number of unbranched alkanes of at least 4 members (excludes halogenated alkanes) is 4. The molecule has 2 nitrogen and oxygen atoms in total. The third-order valence-corrected chi connectivity index (χ3v) is 4.19. The Morgan fingerprint density at radius 2 is 1.27 bits per heavy atom. The molecular formula is C12H28O2Si. The Labute approximate surface area is 96.6 Å². The van der Waals surface area contributed by atoms with Crippen LogP contribution in [-0.4, -0.2) is 21.8 Å². The molecule has 0 spiro atoms. The molecule has 0 aliphatic rings. The van der Waals surface area contributed by atoms with Crippen molar-refractivity contribution in [3.63, 3.8) is 0 Å². The lowest BCUT2D eigenvalue weighted by Crippen LogP contribution is -2.35.